The summed E-state index contributed by atoms with van der Waals surface area (Å²) in [5, 5.41) is 6.06. The van der Waals surface area contributed by atoms with Gasteiger partial charge in [0.15, 0.2) is 0 Å². The van der Waals surface area contributed by atoms with Crippen LogP contribution in [0.4, 0.5) is 5.69 Å². The number of nitrogens with one attached hydrogen (secondary N) is 2. The Kier molecular flexibility index (Phi) is 7.69. The van der Waals surface area contributed by atoms with Crippen LogP contribution in [0.1, 0.15) is 20.3 Å². The number of rotatable bonds is 9. The van der Waals surface area contributed by atoms with E-state index in [1.807, 2.05) is 0 Å². The van der Waals surface area contributed by atoms with Gasteiger partial charge >= 0.3 is 0 Å². The second-order valence-electron chi connectivity index (χ2n) is 4.79. The Hall–Kier alpha value is -1.59. The lowest BCUT2D eigenvalue weighted by Gasteiger charge is -2.09. The van der Waals surface area contributed by atoms with Crippen molar-refractivity contribution in [2.45, 2.75) is 26.3 Å². The molecule has 0 spiro atoms. The summed E-state index contributed by atoms with van der Waals surface area (Å²) in [6.07, 6.45) is 0.897. The van der Waals surface area contributed by atoms with E-state index in [2.05, 4.69) is 24.5 Å². The highest BCUT2D eigenvalue weighted by atomic mass is 16.5. The molecule has 2 N–H and O–H groups in total. The maximum Gasteiger partial charge on any atom is 0.250 e. The van der Waals surface area contributed by atoms with E-state index in [4.69, 9.17) is 9.47 Å². The molecular formula is C15H24N2O3. The predicted octanol–water partition coefficient (Wildman–Crippen LogP) is 2.04. The van der Waals surface area contributed by atoms with Crippen molar-refractivity contribution < 1.29 is 14.3 Å². The summed E-state index contributed by atoms with van der Waals surface area (Å²) < 4.78 is 10.4. The van der Waals surface area contributed by atoms with Gasteiger partial charge in [0.1, 0.15) is 12.4 Å². The van der Waals surface area contributed by atoms with Crippen molar-refractivity contribution >= 4 is 11.6 Å². The van der Waals surface area contributed by atoms with Crippen LogP contribution >= 0.6 is 0 Å². The summed E-state index contributed by atoms with van der Waals surface area (Å²) in [7, 11) is 1.61. The van der Waals surface area contributed by atoms with Gasteiger partial charge in [-0.05, 0) is 37.2 Å². The van der Waals surface area contributed by atoms with Crippen molar-refractivity contribution in [2.24, 2.45) is 0 Å². The van der Waals surface area contributed by atoms with E-state index in [9.17, 15) is 4.79 Å². The molecule has 1 amide bonds. The molecule has 20 heavy (non-hydrogen) atoms. The molecule has 1 aromatic carbocycles. The van der Waals surface area contributed by atoms with Gasteiger partial charge in [-0.15, -0.1) is 0 Å². The number of hydrogen-bond donors (Lipinski definition) is 2. The molecule has 0 saturated carbocycles. The fourth-order valence-corrected chi connectivity index (χ4v) is 1.60. The molecule has 5 heteroatoms. The molecule has 1 aromatic rings. The van der Waals surface area contributed by atoms with Gasteiger partial charge in [0.25, 0.3) is 0 Å². The van der Waals surface area contributed by atoms with E-state index >= 15 is 0 Å². The zero-order valence-corrected chi connectivity index (χ0v) is 12.4. The average molecular weight is 280 g/mol. The van der Waals surface area contributed by atoms with Gasteiger partial charge in [-0.25, -0.2) is 0 Å². The Morgan fingerprint density at radius 3 is 2.55 bits per heavy atom. The molecule has 0 atom stereocenters. The van der Waals surface area contributed by atoms with Gasteiger partial charge < -0.3 is 20.1 Å². The van der Waals surface area contributed by atoms with Crippen LogP contribution in [-0.4, -0.2) is 38.8 Å². The fraction of sp³-hybridized carbons (Fsp3) is 0.533. The molecule has 0 radical (unpaired) electrons. The molecule has 0 fully saturated rings. The monoisotopic (exact) mass is 280 g/mol. The van der Waals surface area contributed by atoms with Crippen molar-refractivity contribution in [3.8, 4) is 5.75 Å². The number of carbonyl (C=O) groups excluding carboxylic acids is 1. The largest absolute Gasteiger partial charge is 0.497 e. The summed E-state index contributed by atoms with van der Waals surface area (Å²) in [4.78, 5) is 11.6. The molecule has 0 heterocycles. The minimum Gasteiger partial charge on any atom is -0.497 e. The summed E-state index contributed by atoms with van der Waals surface area (Å²) >= 11 is 0. The summed E-state index contributed by atoms with van der Waals surface area (Å²) in [6, 6.07) is 7.67. The number of amides is 1. The molecule has 0 unspecified atom stereocenters. The second kappa shape index (κ2) is 9.34. The lowest BCUT2D eigenvalue weighted by Crippen LogP contribution is -2.25. The summed E-state index contributed by atoms with van der Waals surface area (Å²) in [5.74, 6) is 0.615. The van der Waals surface area contributed by atoms with Crippen molar-refractivity contribution in [1.29, 1.82) is 0 Å². The first-order valence-corrected chi connectivity index (χ1v) is 6.87. The van der Waals surface area contributed by atoms with Crippen molar-refractivity contribution in [2.75, 3.05) is 32.2 Å². The third-order valence-corrected chi connectivity index (χ3v) is 2.62. The van der Waals surface area contributed by atoms with E-state index in [1.165, 1.54) is 0 Å². The van der Waals surface area contributed by atoms with E-state index in [-0.39, 0.29) is 12.5 Å². The van der Waals surface area contributed by atoms with Crippen LogP contribution in [0.5, 0.6) is 5.75 Å². The standard InChI is InChI=1S/C15H24N2O3/c1-12(2)16-9-4-10-20-11-15(18)17-13-5-7-14(19-3)8-6-13/h5-8,12,16H,4,9-11H2,1-3H3,(H,17,18). The third-order valence-electron chi connectivity index (χ3n) is 2.62. The van der Waals surface area contributed by atoms with Crippen molar-refractivity contribution in [3.05, 3.63) is 24.3 Å². The summed E-state index contributed by atoms with van der Waals surface area (Å²) in [5.41, 5.74) is 0.737. The molecule has 0 aliphatic heterocycles. The number of ether oxygens (including phenoxy) is 2. The topological polar surface area (TPSA) is 59.6 Å². The van der Waals surface area contributed by atoms with Gasteiger partial charge in [0.2, 0.25) is 5.91 Å². The van der Waals surface area contributed by atoms with Crippen molar-refractivity contribution in [3.63, 3.8) is 0 Å². The van der Waals surface area contributed by atoms with E-state index in [1.54, 1.807) is 31.4 Å². The number of methoxy groups -OCH3 is 1. The first-order chi connectivity index (χ1) is 9.61. The average Bonchev–Trinajstić information content (AvgIpc) is 2.43. The molecule has 0 bridgehead atoms. The van der Waals surface area contributed by atoms with Crippen molar-refractivity contribution in [1.82, 2.24) is 5.32 Å². The Labute approximate surface area is 120 Å². The fourth-order valence-electron chi connectivity index (χ4n) is 1.60. The van der Waals surface area contributed by atoms with Crippen LogP contribution in [-0.2, 0) is 9.53 Å². The number of carbonyl (C=O) groups is 1. The summed E-state index contributed by atoms with van der Waals surface area (Å²) in [6.45, 7) is 5.76. The minimum absolute atomic E-state index is 0.0771. The number of benzene rings is 1. The van der Waals surface area contributed by atoms with Crippen LogP contribution in [0, 0.1) is 0 Å². The van der Waals surface area contributed by atoms with Crippen LogP contribution in [0.15, 0.2) is 24.3 Å². The van der Waals surface area contributed by atoms with Gasteiger partial charge in [-0.1, -0.05) is 13.8 Å². The van der Waals surface area contributed by atoms with Crippen LogP contribution in [0.3, 0.4) is 0 Å². The Morgan fingerprint density at radius 1 is 1.25 bits per heavy atom. The lowest BCUT2D eigenvalue weighted by molar-refractivity contribution is -0.120. The van der Waals surface area contributed by atoms with Gasteiger partial charge in [0, 0.05) is 18.3 Å². The van der Waals surface area contributed by atoms with Crippen LogP contribution in [0.2, 0.25) is 0 Å². The van der Waals surface area contributed by atoms with E-state index < -0.39 is 0 Å². The van der Waals surface area contributed by atoms with Gasteiger partial charge in [0.05, 0.1) is 7.11 Å². The van der Waals surface area contributed by atoms with Gasteiger partial charge in [-0.2, -0.15) is 0 Å². The molecule has 0 aliphatic rings. The first kappa shape index (κ1) is 16.5. The Morgan fingerprint density at radius 2 is 1.95 bits per heavy atom. The SMILES string of the molecule is COc1ccc(NC(=O)COCCCNC(C)C)cc1. The van der Waals surface area contributed by atoms with E-state index in [0.717, 1.165) is 24.4 Å². The Balaban J connectivity index is 2.13. The zero-order valence-electron chi connectivity index (χ0n) is 12.4. The maximum absolute atomic E-state index is 11.6. The normalized spacial score (nSPS) is 10.6. The van der Waals surface area contributed by atoms with E-state index in [0.29, 0.717) is 12.6 Å². The lowest BCUT2D eigenvalue weighted by atomic mass is 10.3. The minimum atomic E-state index is -0.146. The smallest absolute Gasteiger partial charge is 0.250 e. The Bertz CT molecular complexity index is 391. The van der Waals surface area contributed by atoms with Crippen LogP contribution < -0.4 is 15.4 Å². The first-order valence-electron chi connectivity index (χ1n) is 6.87. The molecular weight excluding hydrogens is 256 g/mol. The second-order valence-corrected chi connectivity index (χ2v) is 4.79. The molecule has 1 rings (SSSR count). The number of hydrogen-bond acceptors (Lipinski definition) is 4. The maximum atomic E-state index is 11.6. The molecule has 0 aliphatic carbocycles. The predicted molar refractivity (Wildman–Crippen MR) is 80.2 cm³/mol. The number of anilines is 1. The van der Waals surface area contributed by atoms with Gasteiger partial charge in [-0.3, -0.25) is 4.79 Å². The zero-order chi connectivity index (χ0) is 14.8. The highest BCUT2D eigenvalue weighted by Crippen LogP contribution is 2.14. The molecule has 0 aromatic heterocycles. The molecule has 5 nitrogen and oxygen atoms in total. The molecule has 0 saturated heterocycles. The highest BCUT2D eigenvalue weighted by Gasteiger charge is 2.02. The third kappa shape index (κ3) is 7.11. The quantitative estimate of drug-likeness (QED) is 0.680. The highest BCUT2D eigenvalue weighted by molar-refractivity contribution is 5.91. The van der Waals surface area contributed by atoms with Crippen LogP contribution in [0.25, 0.3) is 0 Å². The molecule has 112 valence electrons.